The van der Waals surface area contributed by atoms with E-state index in [2.05, 4.69) is 57.2 Å². The summed E-state index contributed by atoms with van der Waals surface area (Å²) < 4.78 is 1.84. The van der Waals surface area contributed by atoms with Crippen molar-refractivity contribution in [3.05, 3.63) is 68.6 Å². The lowest BCUT2D eigenvalue weighted by Gasteiger charge is -2.49. The number of benzene rings is 1. The molecule has 0 radical (unpaired) electrons. The Bertz CT molecular complexity index is 1220. The number of hydrogen-bond donors (Lipinski definition) is 1. The largest absolute Gasteiger partial charge is 0.618 e. The quantitative estimate of drug-likeness (QED) is 0.192. The Hall–Kier alpha value is -2.98. The molecule has 1 aromatic heterocycles. The molecule has 0 unspecified atom stereocenters. The van der Waals surface area contributed by atoms with Crippen LogP contribution in [0.2, 0.25) is 0 Å². The van der Waals surface area contributed by atoms with Crippen LogP contribution in [0.5, 0.6) is 0 Å². The molecular weight excluding hydrogens is 588 g/mol. The fourth-order valence-electron chi connectivity index (χ4n) is 5.57. The second-order valence-electron chi connectivity index (χ2n) is 11.0. The summed E-state index contributed by atoms with van der Waals surface area (Å²) in [6.45, 7) is 13.5. The molecule has 0 saturated carbocycles. The molecule has 41 heavy (non-hydrogen) atoms. The Morgan fingerprint density at radius 1 is 1.10 bits per heavy atom. The molecule has 2 aromatic rings. The summed E-state index contributed by atoms with van der Waals surface area (Å²) >= 11 is 3.52. The van der Waals surface area contributed by atoms with Gasteiger partial charge in [0.2, 0.25) is 5.69 Å². The molecule has 0 spiro atoms. The maximum Gasteiger partial charge on any atom is 0.303 e. The van der Waals surface area contributed by atoms with Crippen molar-refractivity contribution in [2.75, 3.05) is 32.8 Å². The van der Waals surface area contributed by atoms with Crippen LogP contribution in [0.4, 0.5) is 0 Å². The van der Waals surface area contributed by atoms with E-state index in [0.717, 1.165) is 64.8 Å². The number of rotatable bonds is 7. The molecule has 3 heterocycles. The molecule has 1 N–H and O–H groups in total. The fourth-order valence-corrected chi connectivity index (χ4v) is 5.83. The average molecular weight is 632 g/mol. The van der Waals surface area contributed by atoms with Gasteiger partial charge in [-0.25, -0.2) is 0 Å². The van der Waals surface area contributed by atoms with Gasteiger partial charge in [-0.15, -0.1) is 0 Å². The van der Waals surface area contributed by atoms with Gasteiger partial charge in [0.1, 0.15) is 12.2 Å². The predicted molar refractivity (Wildman–Crippen MR) is 163 cm³/mol. The van der Waals surface area contributed by atoms with Gasteiger partial charge in [-0.3, -0.25) is 14.5 Å². The molecule has 2 aliphatic heterocycles. The second kappa shape index (κ2) is 14.8. The van der Waals surface area contributed by atoms with Gasteiger partial charge in [0, 0.05) is 48.4 Å². The molecule has 9 nitrogen and oxygen atoms in total. The summed E-state index contributed by atoms with van der Waals surface area (Å²) in [5, 5.41) is 24.3. The molecule has 2 aliphatic rings. The zero-order valence-electron chi connectivity index (χ0n) is 24.9. The van der Waals surface area contributed by atoms with E-state index in [9.17, 15) is 14.8 Å². The molecule has 4 rings (SSSR count). The molecule has 0 aliphatic carbocycles. The monoisotopic (exact) mass is 630 g/mol. The molecule has 0 bridgehead atoms. The van der Waals surface area contributed by atoms with Crippen LogP contribution in [0.15, 0.2) is 46.2 Å². The molecule has 1 aromatic carbocycles. The van der Waals surface area contributed by atoms with E-state index >= 15 is 0 Å². The Labute approximate surface area is 251 Å². The zero-order valence-corrected chi connectivity index (χ0v) is 26.4. The lowest BCUT2D eigenvalue weighted by molar-refractivity contribution is -0.612. The number of carbonyl (C=O) groups excluding carboxylic acids is 1. The predicted octanol–water partition coefficient (Wildman–Crippen LogP) is 5.33. The van der Waals surface area contributed by atoms with E-state index in [4.69, 9.17) is 9.94 Å². The lowest BCUT2D eigenvalue weighted by Crippen LogP contribution is -2.57. The highest BCUT2D eigenvalue weighted by molar-refractivity contribution is 9.10. The second-order valence-corrected chi connectivity index (χ2v) is 11.9. The van der Waals surface area contributed by atoms with Crippen LogP contribution in [0.25, 0.3) is 0 Å². The third-order valence-electron chi connectivity index (χ3n) is 8.27. The number of nitrogens with zero attached hydrogens (tertiary/aromatic N) is 4. The first kappa shape index (κ1) is 32.5. The smallest absolute Gasteiger partial charge is 0.303 e. The molecular formula is C31H43BrN4O5. The van der Waals surface area contributed by atoms with E-state index in [0.29, 0.717) is 36.9 Å². The van der Waals surface area contributed by atoms with Crippen LogP contribution in [-0.2, 0) is 9.63 Å². The summed E-state index contributed by atoms with van der Waals surface area (Å²) in [5.74, 6) is -0.408. The minimum absolute atomic E-state index is 0.0257. The first-order chi connectivity index (χ1) is 19.5. The minimum atomic E-state index is -0.745. The van der Waals surface area contributed by atoms with Crippen molar-refractivity contribution < 1.29 is 24.3 Å². The van der Waals surface area contributed by atoms with Crippen LogP contribution in [-0.4, -0.2) is 70.8 Å². The number of oxime groups is 1. The Balaban J connectivity index is 0.000000850. The van der Waals surface area contributed by atoms with Crippen LogP contribution in [0.3, 0.4) is 0 Å². The fraction of sp³-hybridized carbons (Fsp3) is 0.548. The topological polar surface area (TPSA) is 109 Å². The van der Waals surface area contributed by atoms with E-state index < -0.39 is 5.97 Å². The summed E-state index contributed by atoms with van der Waals surface area (Å²) in [4.78, 5) is 32.7. The summed E-state index contributed by atoms with van der Waals surface area (Å²) in [7, 11) is 0. The van der Waals surface area contributed by atoms with Crippen molar-refractivity contribution in [1.29, 1.82) is 0 Å². The number of aromatic nitrogens is 1. The number of carboxylic acid groups (broad SMARTS) is 1. The maximum absolute atomic E-state index is 13.3. The number of piperidine rings is 2. The Kier molecular flexibility index (Phi) is 11.7. The van der Waals surface area contributed by atoms with Gasteiger partial charge < -0.3 is 20.1 Å². The first-order valence-electron chi connectivity index (χ1n) is 14.4. The number of aliphatic carboxylic acids is 1. The number of likely N-dealkylation sites (tertiary alicyclic amines) is 2. The van der Waals surface area contributed by atoms with E-state index in [-0.39, 0.29) is 17.9 Å². The number of hydrogen-bond acceptors (Lipinski definition) is 6. The molecule has 1 amide bonds. The van der Waals surface area contributed by atoms with Crippen molar-refractivity contribution in [1.82, 2.24) is 9.80 Å². The van der Waals surface area contributed by atoms with Gasteiger partial charge in [-0.2, -0.15) is 4.73 Å². The van der Waals surface area contributed by atoms with Gasteiger partial charge in [-0.05, 0) is 82.8 Å². The minimum Gasteiger partial charge on any atom is -0.618 e. The van der Waals surface area contributed by atoms with Gasteiger partial charge in [0.25, 0.3) is 5.91 Å². The number of pyridine rings is 1. The number of amides is 1. The van der Waals surface area contributed by atoms with Crippen molar-refractivity contribution in [3.8, 4) is 0 Å². The van der Waals surface area contributed by atoms with E-state index in [1.54, 1.807) is 19.9 Å². The van der Waals surface area contributed by atoms with Crippen molar-refractivity contribution >= 4 is 33.5 Å². The van der Waals surface area contributed by atoms with Crippen LogP contribution < -0.4 is 4.73 Å². The van der Waals surface area contributed by atoms with Crippen LogP contribution >= 0.6 is 15.9 Å². The molecule has 2 saturated heterocycles. The van der Waals surface area contributed by atoms with Gasteiger partial charge >= 0.3 is 5.97 Å². The lowest BCUT2D eigenvalue weighted by atomic mass is 9.82. The first-order valence-corrected chi connectivity index (χ1v) is 15.2. The Morgan fingerprint density at radius 2 is 1.68 bits per heavy atom. The summed E-state index contributed by atoms with van der Waals surface area (Å²) in [6.07, 6.45) is 5.62. The normalized spacial score (nSPS) is 17.9. The SMILES string of the molecule is CCC(=O)O.CCO/N=C(/c1ccc(Br)cc1)C1CCN(C2(C)CCN(C(=O)c3c(C)cc[n+]([O-])c3C)CC2)CC1. The van der Waals surface area contributed by atoms with Gasteiger partial charge in [0.05, 0.1) is 5.71 Å². The third kappa shape index (κ3) is 8.29. The highest BCUT2D eigenvalue weighted by Gasteiger charge is 2.40. The third-order valence-corrected chi connectivity index (χ3v) is 8.80. The van der Waals surface area contributed by atoms with Crippen LogP contribution in [0.1, 0.15) is 80.1 Å². The van der Waals surface area contributed by atoms with Crippen molar-refractivity contribution in [3.63, 3.8) is 0 Å². The summed E-state index contributed by atoms with van der Waals surface area (Å²) in [5.41, 5.74) is 4.11. The highest BCUT2D eigenvalue weighted by Crippen LogP contribution is 2.34. The van der Waals surface area contributed by atoms with Crippen molar-refractivity contribution in [2.24, 2.45) is 11.1 Å². The zero-order chi connectivity index (χ0) is 30.2. The van der Waals surface area contributed by atoms with Crippen molar-refractivity contribution in [2.45, 2.75) is 72.3 Å². The number of halogens is 1. The number of carboxylic acids is 1. The number of aryl methyl sites for hydroxylation is 1. The number of carbonyl (C=O) groups is 2. The van der Waals surface area contributed by atoms with E-state index in [1.165, 1.54) is 6.20 Å². The van der Waals surface area contributed by atoms with E-state index in [1.807, 2.05) is 18.7 Å². The summed E-state index contributed by atoms with van der Waals surface area (Å²) in [6, 6.07) is 10.0. The average Bonchev–Trinajstić information content (AvgIpc) is 2.97. The highest BCUT2D eigenvalue weighted by atomic mass is 79.9. The molecule has 224 valence electrons. The van der Waals surface area contributed by atoms with Gasteiger partial charge in [0.15, 0.2) is 6.20 Å². The standard InChI is InChI=1S/C28H37BrN4O3.C3H6O2/c1-5-36-30-26(22-6-8-24(29)9-7-22)23-11-15-32(16-12-23)28(4)13-18-31(19-14-28)27(34)25-20(2)10-17-33(35)21(25)3;1-2-3(4)5/h6-10,17,23H,5,11-16,18-19H2,1-4H3;2H2,1H3,(H,4,5)/b30-26-;. The molecule has 0 atom stereocenters. The van der Waals surface area contributed by atoms with Crippen LogP contribution in [0, 0.1) is 25.0 Å². The maximum atomic E-state index is 13.3. The molecule has 2 fully saturated rings. The Morgan fingerprint density at radius 3 is 2.22 bits per heavy atom. The molecule has 10 heteroatoms. The van der Waals surface area contributed by atoms with Gasteiger partial charge in [-0.1, -0.05) is 40.1 Å².